The maximum absolute atomic E-state index is 13.1. The van der Waals surface area contributed by atoms with Crippen molar-refractivity contribution in [2.24, 2.45) is 0 Å². The van der Waals surface area contributed by atoms with Gasteiger partial charge in [-0.1, -0.05) is 28.1 Å². The summed E-state index contributed by atoms with van der Waals surface area (Å²) in [7, 11) is 0. The monoisotopic (exact) mass is 326 g/mol. The highest BCUT2D eigenvalue weighted by Gasteiger charge is 2.10. The number of benzene rings is 2. The first kappa shape index (κ1) is 14.2. The molecule has 1 N–H and O–H groups in total. The van der Waals surface area contributed by atoms with Crippen molar-refractivity contribution in [3.8, 4) is 0 Å². The van der Waals surface area contributed by atoms with Gasteiger partial charge in [-0.25, -0.2) is 8.78 Å². The quantitative estimate of drug-likeness (QED) is 0.904. The molecule has 1 unspecified atom stereocenters. The van der Waals surface area contributed by atoms with Gasteiger partial charge in [0.2, 0.25) is 0 Å². The normalized spacial score (nSPS) is 12.4. The molecule has 0 aliphatic heterocycles. The summed E-state index contributed by atoms with van der Waals surface area (Å²) in [5.41, 5.74) is 1.57. The molecule has 0 aromatic heterocycles. The van der Waals surface area contributed by atoms with E-state index in [0.29, 0.717) is 12.8 Å². The third-order valence-corrected chi connectivity index (χ3v) is 3.62. The van der Waals surface area contributed by atoms with Crippen molar-refractivity contribution in [2.75, 3.05) is 0 Å². The van der Waals surface area contributed by atoms with Crippen LogP contribution in [0.2, 0.25) is 0 Å². The van der Waals surface area contributed by atoms with Crippen molar-refractivity contribution in [1.29, 1.82) is 0 Å². The number of halogens is 3. The van der Waals surface area contributed by atoms with E-state index in [1.165, 1.54) is 24.3 Å². The number of rotatable bonds is 4. The van der Waals surface area contributed by atoms with E-state index in [1.54, 1.807) is 18.2 Å². The van der Waals surface area contributed by atoms with E-state index in [2.05, 4.69) is 15.9 Å². The molecule has 0 bridgehead atoms. The second-order valence-corrected chi connectivity index (χ2v) is 5.28. The lowest BCUT2D eigenvalue weighted by atomic mass is 10.0. The lowest BCUT2D eigenvalue weighted by Crippen LogP contribution is -2.14. The van der Waals surface area contributed by atoms with Crippen molar-refractivity contribution in [1.82, 2.24) is 0 Å². The van der Waals surface area contributed by atoms with E-state index < -0.39 is 6.10 Å². The number of hydrogen-bond acceptors (Lipinski definition) is 1. The van der Waals surface area contributed by atoms with Crippen LogP contribution in [-0.4, -0.2) is 11.2 Å². The van der Waals surface area contributed by atoms with E-state index in [9.17, 15) is 13.9 Å². The van der Waals surface area contributed by atoms with Crippen LogP contribution in [0.3, 0.4) is 0 Å². The van der Waals surface area contributed by atoms with E-state index in [0.717, 1.165) is 15.6 Å². The molecule has 1 nitrogen and oxygen atoms in total. The first-order valence-electron chi connectivity index (χ1n) is 5.91. The molecule has 1 atom stereocenters. The summed E-state index contributed by atoms with van der Waals surface area (Å²) < 4.78 is 26.7. The Balaban J connectivity index is 2.02. The van der Waals surface area contributed by atoms with Crippen molar-refractivity contribution in [3.05, 3.63) is 69.7 Å². The molecule has 0 heterocycles. The highest BCUT2D eigenvalue weighted by atomic mass is 79.9. The minimum atomic E-state index is -0.636. The average Bonchev–Trinajstić information content (AvgIpc) is 2.37. The van der Waals surface area contributed by atoms with Crippen LogP contribution in [0.4, 0.5) is 8.78 Å². The number of aliphatic hydroxyl groups excluding tert-OH is 1. The van der Waals surface area contributed by atoms with E-state index in [1.807, 2.05) is 0 Å². The van der Waals surface area contributed by atoms with Crippen LogP contribution in [0.15, 0.2) is 46.9 Å². The van der Waals surface area contributed by atoms with Gasteiger partial charge in [0.25, 0.3) is 0 Å². The Labute approximate surface area is 119 Å². The zero-order chi connectivity index (χ0) is 13.8. The van der Waals surface area contributed by atoms with Crippen molar-refractivity contribution < 1.29 is 13.9 Å². The van der Waals surface area contributed by atoms with Crippen molar-refractivity contribution in [3.63, 3.8) is 0 Å². The predicted molar refractivity (Wildman–Crippen MR) is 73.9 cm³/mol. The van der Waals surface area contributed by atoms with Gasteiger partial charge in [-0.2, -0.15) is 0 Å². The van der Waals surface area contributed by atoms with Gasteiger partial charge in [0.05, 0.1) is 6.10 Å². The molecule has 4 heteroatoms. The van der Waals surface area contributed by atoms with Crippen LogP contribution >= 0.6 is 15.9 Å². The fourth-order valence-electron chi connectivity index (χ4n) is 1.92. The lowest BCUT2D eigenvalue weighted by Gasteiger charge is -2.12. The largest absolute Gasteiger partial charge is 0.392 e. The summed E-state index contributed by atoms with van der Waals surface area (Å²) in [4.78, 5) is 0. The van der Waals surface area contributed by atoms with Gasteiger partial charge in [-0.05, 0) is 54.3 Å². The number of hydrogen-bond donors (Lipinski definition) is 1. The van der Waals surface area contributed by atoms with Gasteiger partial charge in [-0.3, -0.25) is 0 Å². The van der Waals surface area contributed by atoms with Crippen LogP contribution in [0.5, 0.6) is 0 Å². The molecule has 0 saturated heterocycles. The summed E-state index contributed by atoms with van der Waals surface area (Å²) >= 11 is 3.33. The van der Waals surface area contributed by atoms with Gasteiger partial charge in [-0.15, -0.1) is 0 Å². The molecular formula is C15H13BrF2O. The van der Waals surface area contributed by atoms with Crippen LogP contribution in [-0.2, 0) is 12.8 Å². The van der Waals surface area contributed by atoms with Crippen LogP contribution in [0.1, 0.15) is 11.1 Å². The predicted octanol–water partition coefficient (Wildman–Crippen LogP) is 3.87. The summed E-state index contributed by atoms with van der Waals surface area (Å²) in [6, 6.07) is 10.4. The molecule has 2 aromatic rings. The van der Waals surface area contributed by atoms with Gasteiger partial charge >= 0.3 is 0 Å². The molecule has 0 aliphatic carbocycles. The molecule has 100 valence electrons. The Morgan fingerprint density at radius 3 is 2.26 bits per heavy atom. The molecule has 0 fully saturated rings. The van der Waals surface area contributed by atoms with E-state index >= 15 is 0 Å². The Hall–Kier alpha value is -1.26. The summed E-state index contributed by atoms with van der Waals surface area (Å²) in [5, 5.41) is 10.0. The lowest BCUT2D eigenvalue weighted by molar-refractivity contribution is 0.175. The molecule has 0 spiro atoms. The highest BCUT2D eigenvalue weighted by Crippen LogP contribution is 2.20. The Bertz CT molecular complexity index is 555. The Kier molecular flexibility index (Phi) is 4.66. The van der Waals surface area contributed by atoms with Gasteiger partial charge in [0.15, 0.2) is 0 Å². The second-order valence-electron chi connectivity index (χ2n) is 4.42. The maximum atomic E-state index is 13.1. The SMILES string of the molecule is OC(Cc1ccc(F)cc1)Cc1cc(F)ccc1Br. The third-order valence-electron chi connectivity index (χ3n) is 2.85. The summed E-state index contributed by atoms with van der Waals surface area (Å²) in [6.45, 7) is 0. The average molecular weight is 327 g/mol. The first-order valence-corrected chi connectivity index (χ1v) is 6.70. The van der Waals surface area contributed by atoms with Gasteiger partial charge in [0, 0.05) is 4.47 Å². The molecule has 2 rings (SSSR count). The molecule has 0 saturated carbocycles. The topological polar surface area (TPSA) is 20.2 Å². The summed E-state index contributed by atoms with van der Waals surface area (Å²) in [5.74, 6) is -0.627. The van der Waals surface area contributed by atoms with Gasteiger partial charge < -0.3 is 5.11 Å². The highest BCUT2D eigenvalue weighted by molar-refractivity contribution is 9.10. The van der Waals surface area contributed by atoms with Crippen LogP contribution in [0.25, 0.3) is 0 Å². The molecule has 2 aromatic carbocycles. The van der Waals surface area contributed by atoms with Crippen molar-refractivity contribution in [2.45, 2.75) is 18.9 Å². The maximum Gasteiger partial charge on any atom is 0.123 e. The Morgan fingerprint density at radius 2 is 1.58 bits per heavy atom. The zero-order valence-corrected chi connectivity index (χ0v) is 11.7. The summed E-state index contributed by atoms with van der Waals surface area (Å²) in [6.07, 6.45) is 0.113. The van der Waals surface area contributed by atoms with E-state index in [4.69, 9.17) is 0 Å². The van der Waals surface area contributed by atoms with Crippen molar-refractivity contribution >= 4 is 15.9 Å². The van der Waals surface area contributed by atoms with Crippen LogP contribution < -0.4 is 0 Å². The van der Waals surface area contributed by atoms with Crippen LogP contribution in [0, 0.1) is 11.6 Å². The molecule has 0 radical (unpaired) electrons. The van der Waals surface area contributed by atoms with E-state index in [-0.39, 0.29) is 11.6 Å². The molecule has 19 heavy (non-hydrogen) atoms. The fraction of sp³-hybridized carbons (Fsp3) is 0.200. The molecule has 0 amide bonds. The zero-order valence-electron chi connectivity index (χ0n) is 10.1. The van der Waals surface area contributed by atoms with Gasteiger partial charge in [0.1, 0.15) is 11.6 Å². The standard InChI is InChI=1S/C15H13BrF2O/c16-15-6-5-13(18)8-11(15)9-14(19)7-10-1-3-12(17)4-2-10/h1-6,8,14,19H,7,9H2. The smallest absolute Gasteiger partial charge is 0.123 e. The Morgan fingerprint density at radius 1 is 0.947 bits per heavy atom. The third kappa shape index (κ3) is 4.11. The molecule has 0 aliphatic rings. The second kappa shape index (κ2) is 6.26. The minimum Gasteiger partial charge on any atom is -0.392 e. The molecular weight excluding hydrogens is 314 g/mol. The minimum absolute atomic E-state index is 0.300. The first-order chi connectivity index (χ1) is 9.04. The fourth-order valence-corrected chi connectivity index (χ4v) is 2.33. The number of aliphatic hydroxyl groups is 1.